The molecule has 30 heavy (non-hydrogen) atoms. The van der Waals surface area contributed by atoms with Gasteiger partial charge in [0.25, 0.3) is 5.91 Å². The highest BCUT2D eigenvalue weighted by Gasteiger charge is 2.25. The molecule has 1 aliphatic heterocycles. The van der Waals surface area contributed by atoms with E-state index in [9.17, 15) is 4.79 Å². The van der Waals surface area contributed by atoms with Crippen molar-refractivity contribution in [3.05, 3.63) is 47.0 Å². The minimum Gasteiger partial charge on any atom is -0.459 e. The fourth-order valence-corrected chi connectivity index (χ4v) is 3.49. The molecular weight excluding hydrogens is 519 g/mol. The topological polar surface area (TPSA) is 94.8 Å². The number of hydrogen-bond donors (Lipinski definition) is 3. The summed E-state index contributed by atoms with van der Waals surface area (Å²) in [7, 11) is 1.75. The van der Waals surface area contributed by atoms with Gasteiger partial charge in [0.15, 0.2) is 11.7 Å². The molecule has 3 N–H and O–H groups in total. The predicted molar refractivity (Wildman–Crippen MR) is 130 cm³/mol. The molecule has 164 valence electrons. The molecular formula is C20H28ClIN6O2. The van der Waals surface area contributed by atoms with Crippen LogP contribution in [0, 0.1) is 6.92 Å². The molecule has 1 saturated heterocycles. The Morgan fingerprint density at radius 2 is 2.17 bits per heavy atom. The first-order chi connectivity index (χ1) is 14.1. The number of guanidine groups is 1. The van der Waals surface area contributed by atoms with Crippen molar-refractivity contribution in [2.45, 2.75) is 25.8 Å². The van der Waals surface area contributed by atoms with Crippen molar-refractivity contribution in [3.63, 3.8) is 0 Å². The molecule has 1 unspecified atom stereocenters. The monoisotopic (exact) mass is 546 g/mol. The van der Waals surface area contributed by atoms with Crippen molar-refractivity contribution in [3.8, 4) is 0 Å². The Hall–Kier alpha value is -2.01. The van der Waals surface area contributed by atoms with Crippen LogP contribution in [0.1, 0.15) is 29.0 Å². The average Bonchev–Trinajstić information content (AvgIpc) is 3.36. The van der Waals surface area contributed by atoms with E-state index >= 15 is 0 Å². The van der Waals surface area contributed by atoms with Crippen LogP contribution in [0.4, 0.5) is 5.82 Å². The lowest BCUT2D eigenvalue weighted by molar-refractivity contribution is 0.0925. The summed E-state index contributed by atoms with van der Waals surface area (Å²) in [6, 6.07) is 5.73. The number of aryl methyl sites for hydroxylation is 1. The molecule has 0 spiro atoms. The van der Waals surface area contributed by atoms with Gasteiger partial charge in [-0.2, -0.15) is 0 Å². The lowest BCUT2D eigenvalue weighted by Crippen LogP contribution is -2.45. The van der Waals surface area contributed by atoms with Crippen LogP contribution < -0.4 is 20.9 Å². The van der Waals surface area contributed by atoms with Crippen LogP contribution in [0.25, 0.3) is 0 Å². The van der Waals surface area contributed by atoms with Crippen molar-refractivity contribution in [1.82, 2.24) is 20.9 Å². The van der Waals surface area contributed by atoms with Crippen LogP contribution in [-0.2, 0) is 0 Å². The van der Waals surface area contributed by atoms with E-state index in [1.54, 1.807) is 19.3 Å². The third kappa shape index (κ3) is 6.49. The van der Waals surface area contributed by atoms with Gasteiger partial charge in [0.1, 0.15) is 5.82 Å². The zero-order chi connectivity index (χ0) is 20.6. The highest BCUT2D eigenvalue weighted by molar-refractivity contribution is 14.0. The Morgan fingerprint density at radius 1 is 1.37 bits per heavy atom. The van der Waals surface area contributed by atoms with Crippen molar-refractivity contribution in [2.75, 3.05) is 38.1 Å². The summed E-state index contributed by atoms with van der Waals surface area (Å²) in [5, 5.41) is 10.3. The number of anilines is 1. The van der Waals surface area contributed by atoms with Crippen LogP contribution in [-0.4, -0.2) is 56.1 Å². The smallest absolute Gasteiger partial charge is 0.287 e. The van der Waals surface area contributed by atoms with Crippen molar-refractivity contribution in [2.24, 2.45) is 4.99 Å². The summed E-state index contributed by atoms with van der Waals surface area (Å²) >= 11 is 6.25. The van der Waals surface area contributed by atoms with Crippen molar-refractivity contribution in [1.29, 1.82) is 0 Å². The number of amides is 1. The van der Waals surface area contributed by atoms with Crippen molar-refractivity contribution >= 4 is 53.3 Å². The Balaban J connectivity index is 0.00000320. The number of hydrogen-bond acceptors (Lipinski definition) is 5. The zero-order valence-electron chi connectivity index (χ0n) is 17.2. The number of carbonyl (C=O) groups excluding carboxylic acids is 1. The zero-order valence-corrected chi connectivity index (χ0v) is 20.2. The molecule has 0 aliphatic carbocycles. The minimum absolute atomic E-state index is 0. The van der Waals surface area contributed by atoms with E-state index in [1.807, 2.05) is 19.1 Å². The fourth-order valence-electron chi connectivity index (χ4n) is 3.25. The standard InChI is InChI=1S/C20H27ClN6O2.HI/c1-14-7-12-29-17(14)19(28)24-9-4-10-25-20(22-2)26-15-6-11-27(13-15)18-16(21)5-3-8-23-18;/h3,5,7-8,12,15H,4,6,9-11,13H2,1-2H3,(H,24,28)(H2,22,25,26);1H. The van der Waals surface area contributed by atoms with Gasteiger partial charge in [-0.1, -0.05) is 11.6 Å². The van der Waals surface area contributed by atoms with Crippen LogP contribution in [0.15, 0.2) is 40.1 Å². The van der Waals surface area contributed by atoms with E-state index < -0.39 is 0 Å². The molecule has 10 heteroatoms. The lowest BCUT2D eigenvalue weighted by atomic mass is 10.2. The van der Waals surface area contributed by atoms with Gasteiger partial charge in [-0.3, -0.25) is 9.79 Å². The first-order valence-electron chi connectivity index (χ1n) is 9.73. The van der Waals surface area contributed by atoms with Gasteiger partial charge in [-0.25, -0.2) is 4.98 Å². The number of carbonyl (C=O) groups is 1. The number of rotatable bonds is 7. The second-order valence-corrected chi connectivity index (χ2v) is 7.33. The maximum Gasteiger partial charge on any atom is 0.287 e. The first kappa shape index (κ1) is 24.3. The summed E-state index contributed by atoms with van der Waals surface area (Å²) in [6.45, 7) is 4.80. The molecule has 1 aliphatic rings. The maximum atomic E-state index is 12.0. The molecule has 1 atom stereocenters. The van der Waals surface area contributed by atoms with Gasteiger partial charge < -0.3 is 25.3 Å². The molecule has 1 fully saturated rings. The Morgan fingerprint density at radius 3 is 2.87 bits per heavy atom. The van der Waals surface area contributed by atoms with Crippen LogP contribution in [0.3, 0.4) is 0 Å². The Bertz CT molecular complexity index is 859. The molecule has 1 amide bonds. The Kier molecular flexibility index (Phi) is 9.70. The maximum absolute atomic E-state index is 12.0. The number of aliphatic imine (C=N–C) groups is 1. The number of furan rings is 1. The molecule has 0 aromatic carbocycles. The molecule has 0 saturated carbocycles. The molecule has 0 radical (unpaired) electrons. The molecule has 0 bridgehead atoms. The molecule has 2 aromatic rings. The van der Waals surface area contributed by atoms with Gasteiger partial charge in [0.2, 0.25) is 0 Å². The summed E-state index contributed by atoms with van der Waals surface area (Å²) < 4.78 is 5.19. The van der Waals surface area contributed by atoms with E-state index in [2.05, 4.69) is 30.8 Å². The van der Waals surface area contributed by atoms with Gasteiger partial charge in [0.05, 0.1) is 11.3 Å². The highest BCUT2D eigenvalue weighted by atomic mass is 127. The number of aromatic nitrogens is 1. The van der Waals surface area contributed by atoms with Crippen LogP contribution >= 0.6 is 35.6 Å². The van der Waals surface area contributed by atoms with E-state index in [4.69, 9.17) is 16.0 Å². The average molecular weight is 547 g/mol. The third-order valence-electron chi connectivity index (χ3n) is 4.79. The summed E-state index contributed by atoms with van der Waals surface area (Å²) in [6.07, 6.45) is 5.03. The van der Waals surface area contributed by atoms with Gasteiger partial charge >= 0.3 is 0 Å². The quantitative estimate of drug-likeness (QED) is 0.214. The molecule has 2 aromatic heterocycles. The Labute approximate surface area is 198 Å². The predicted octanol–water partition coefficient (Wildman–Crippen LogP) is 2.82. The molecule has 3 rings (SSSR count). The number of nitrogens with one attached hydrogen (secondary N) is 3. The second-order valence-electron chi connectivity index (χ2n) is 6.93. The van der Waals surface area contributed by atoms with Crippen LogP contribution in [0.5, 0.6) is 0 Å². The van der Waals surface area contributed by atoms with Gasteiger partial charge in [-0.15, -0.1) is 24.0 Å². The summed E-state index contributed by atoms with van der Waals surface area (Å²) in [4.78, 5) is 22.8. The SMILES string of the molecule is CN=C(NCCCNC(=O)c1occc1C)NC1CCN(c2ncccc2Cl)C1.I. The number of nitrogens with zero attached hydrogens (tertiary/aromatic N) is 3. The van der Waals surface area contributed by atoms with E-state index in [1.165, 1.54) is 6.26 Å². The number of pyridine rings is 1. The summed E-state index contributed by atoms with van der Waals surface area (Å²) in [5.41, 5.74) is 0.836. The van der Waals surface area contributed by atoms with Gasteiger partial charge in [-0.05, 0) is 38.0 Å². The number of halogens is 2. The van der Waals surface area contributed by atoms with Crippen LogP contribution in [0.2, 0.25) is 5.02 Å². The third-order valence-corrected chi connectivity index (χ3v) is 5.09. The fraction of sp³-hybridized carbons (Fsp3) is 0.450. The molecule has 8 nitrogen and oxygen atoms in total. The highest BCUT2D eigenvalue weighted by Crippen LogP contribution is 2.25. The summed E-state index contributed by atoms with van der Waals surface area (Å²) in [5.74, 6) is 1.75. The second kappa shape index (κ2) is 12.0. The normalized spacial score (nSPS) is 16.2. The van der Waals surface area contributed by atoms with E-state index in [0.29, 0.717) is 23.9 Å². The van der Waals surface area contributed by atoms with Gasteiger partial charge in [0, 0.05) is 51.0 Å². The van der Waals surface area contributed by atoms with E-state index in [0.717, 1.165) is 43.3 Å². The lowest BCUT2D eigenvalue weighted by Gasteiger charge is -2.20. The largest absolute Gasteiger partial charge is 0.459 e. The first-order valence-corrected chi connectivity index (χ1v) is 10.1. The van der Waals surface area contributed by atoms with E-state index in [-0.39, 0.29) is 35.9 Å². The molecule has 3 heterocycles. The van der Waals surface area contributed by atoms with Crippen molar-refractivity contribution < 1.29 is 9.21 Å². The minimum atomic E-state index is -0.186.